The fourth-order valence-electron chi connectivity index (χ4n) is 2.66. The van der Waals surface area contributed by atoms with Crippen LogP contribution in [0.3, 0.4) is 0 Å². The van der Waals surface area contributed by atoms with Crippen LogP contribution in [0.25, 0.3) is 21.9 Å². The number of hydrazine groups is 1. The van der Waals surface area contributed by atoms with Crippen LogP contribution in [0.5, 0.6) is 5.75 Å². The number of carbonyl (C=O) groups excluding carboxylic acids is 1. The van der Waals surface area contributed by atoms with Crippen molar-refractivity contribution in [3.8, 4) is 5.75 Å². The van der Waals surface area contributed by atoms with E-state index in [1.165, 1.54) is 24.3 Å². The summed E-state index contributed by atoms with van der Waals surface area (Å²) in [7, 11) is 0. The Morgan fingerprint density at radius 1 is 0.962 bits per heavy atom. The highest BCUT2D eigenvalue weighted by Gasteiger charge is 2.08. The second-order valence-electron chi connectivity index (χ2n) is 5.72. The van der Waals surface area contributed by atoms with Crippen molar-refractivity contribution in [2.45, 2.75) is 0 Å². The van der Waals surface area contributed by atoms with Gasteiger partial charge in [0.25, 0.3) is 5.91 Å². The normalized spacial score (nSPS) is 10.8. The van der Waals surface area contributed by atoms with Gasteiger partial charge < -0.3 is 9.15 Å². The van der Waals surface area contributed by atoms with E-state index in [0.29, 0.717) is 11.4 Å². The van der Waals surface area contributed by atoms with E-state index in [1.807, 2.05) is 36.4 Å². The Bertz CT molecular complexity index is 1070. The molecule has 0 spiro atoms. The molecule has 2 N–H and O–H groups in total. The lowest BCUT2D eigenvalue weighted by atomic mass is 10.1. The summed E-state index contributed by atoms with van der Waals surface area (Å²) in [5.41, 5.74) is 7.34. The molecule has 0 atom stereocenters. The van der Waals surface area contributed by atoms with Crippen LogP contribution in [-0.4, -0.2) is 12.5 Å². The zero-order chi connectivity index (χ0) is 17.9. The molecule has 0 unspecified atom stereocenters. The number of nitrogens with one attached hydrogen (secondary N) is 2. The number of ether oxygens (including phenoxy) is 1. The second-order valence-corrected chi connectivity index (χ2v) is 5.72. The van der Waals surface area contributed by atoms with E-state index in [1.54, 1.807) is 6.07 Å². The zero-order valence-electron chi connectivity index (χ0n) is 13.7. The predicted octanol–water partition coefficient (Wildman–Crippen LogP) is 4.25. The number of halogens is 1. The summed E-state index contributed by atoms with van der Waals surface area (Å²) in [4.78, 5) is 11.9. The van der Waals surface area contributed by atoms with Crippen LogP contribution in [0, 0.1) is 5.82 Å². The number of fused-ring (bicyclic) bond motifs is 3. The van der Waals surface area contributed by atoms with Crippen LogP contribution in [0.4, 0.5) is 10.1 Å². The molecule has 4 rings (SSSR count). The number of para-hydroxylation sites is 1. The molecule has 0 aliphatic rings. The third-order valence-corrected chi connectivity index (χ3v) is 3.91. The molecule has 0 aliphatic carbocycles. The van der Waals surface area contributed by atoms with Gasteiger partial charge >= 0.3 is 0 Å². The number of benzene rings is 3. The van der Waals surface area contributed by atoms with Gasteiger partial charge in [0.15, 0.2) is 6.61 Å². The number of hydrogen-bond acceptors (Lipinski definition) is 4. The standard InChI is InChI=1S/C20H15FN2O3/c21-13-5-7-14(8-6-13)22-23-20(24)12-25-15-9-10-19-17(11-15)16-3-1-2-4-18(16)26-19/h1-11,22H,12H2,(H,23,24). The molecule has 0 fully saturated rings. The van der Waals surface area contributed by atoms with E-state index in [-0.39, 0.29) is 18.3 Å². The first-order chi connectivity index (χ1) is 12.7. The summed E-state index contributed by atoms with van der Waals surface area (Å²) < 4.78 is 24.1. The lowest BCUT2D eigenvalue weighted by molar-refractivity contribution is -0.122. The maximum Gasteiger partial charge on any atom is 0.276 e. The van der Waals surface area contributed by atoms with Gasteiger partial charge in [-0.1, -0.05) is 18.2 Å². The van der Waals surface area contributed by atoms with Crippen molar-refractivity contribution in [1.82, 2.24) is 5.43 Å². The van der Waals surface area contributed by atoms with Crippen LogP contribution in [0.2, 0.25) is 0 Å². The summed E-state index contributed by atoms with van der Waals surface area (Å²) in [6, 6.07) is 18.8. The molecule has 130 valence electrons. The third-order valence-electron chi connectivity index (χ3n) is 3.91. The number of anilines is 1. The van der Waals surface area contributed by atoms with Crippen LogP contribution in [0.15, 0.2) is 71.1 Å². The summed E-state index contributed by atoms with van der Waals surface area (Å²) in [6.07, 6.45) is 0. The van der Waals surface area contributed by atoms with Crippen LogP contribution >= 0.6 is 0 Å². The number of furan rings is 1. The number of hydrogen-bond donors (Lipinski definition) is 2. The molecule has 1 heterocycles. The molecular formula is C20H15FN2O3. The monoisotopic (exact) mass is 350 g/mol. The second kappa shape index (κ2) is 6.76. The van der Waals surface area contributed by atoms with Crippen molar-refractivity contribution in [2.75, 3.05) is 12.0 Å². The Balaban J connectivity index is 1.40. The quantitative estimate of drug-likeness (QED) is 0.528. The Hall–Kier alpha value is -3.54. The van der Waals surface area contributed by atoms with Gasteiger partial charge in [-0.3, -0.25) is 15.6 Å². The fourth-order valence-corrected chi connectivity index (χ4v) is 2.66. The fraction of sp³-hybridized carbons (Fsp3) is 0.0500. The molecule has 0 aliphatic heterocycles. The van der Waals surface area contributed by atoms with Crippen molar-refractivity contribution in [1.29, 1.82) is 0 Å². The highest BCUT2D eigenvalue weighted by Crippen LogP contribution is 2.31. The minimum Gasteiger partial charge on any atom is -0.484 e. The molecule has 1 amide bonds. The largest absolute Gasteiger partial charge is 0.484 e. The average Bonchev–Trinajstić information content (AvgIpc) is 3.04. The van der Waals surface area contributed by atoms with Gasteiger partial charge in [-0.2, -0.15) is 0 Å². The Morgan fingerprint density at radius 2 is 1.73 bits per heavy atom. The van der Waals surface area contributed by atoms with E-state index in [0.717, 1.165) is 21.9 Å². The third kappa shape index (κ3) is 3.30. The van der Waals surface area contributed by atoms with E-state index >= 15 is 0 Å². The molecule has 1 aromatic heterocycles. The Labute approximate surface area is 148 Å². The van der Waals surface area contributed by atoms with Crippen molar-refractivity contribution in [3.63, 3.8) is 0 Å². The minimum atomic E-state index is -0.355. The molecular weight excluding hydrogens is 335 g/mol. The first kappa shape index (κ1) is 16.0. The van der Waals surface area contributed by atoms with Crippen molar-refractivity contribution >= 4 is 33.5 Å². The summed E-state index contributed by atoms with van der Waals surface area (Å²) in [5.74, 6) is -0.125. The van der Waals surface area contributed by atoms with Gasteiger partial charge in [-0.25, -0.2) is 4.39 Å². The molecule has 0 saturated heterocycles. The van der Waals surface area contributed by atoms with Crippen LogP contribution in [0.1, 0.15) is 0 Å². The molecule has 26 heavy (non-hydrogen) atoms. The van der Waals surface area contributed by atoms with Crippen molar-refractivity contribution in [3.05, 3.63) is 72.5 Å². The van der Waals surface area contributed by atoms with Gasteiger partial charge in [0.05, 0.1) is 5.69 Å². The molecule has 0 saturated carbocycles. The Kier molecular flexibility index (Phi) is 4.15. The van der Waals surface area contributed by atoms with Crippen LogP contribution < -0.4 is 15.6 Å². The highest BCUT2D eigenvalue weighted by molar-refractivity contribution is 6.05. The average molecular weight is 350 g/mol. The SMILES string of the molecule is O=C(COc1ccc2oc3ccccc3c2c1)NNc1ccc(F)cc1. The van der Waals surface area contributed by atoms with Gasteiger partial charge in [0.2, 0.25) is 0 Å². The lowest BCUT2D eigenvalue weighted by Crippen LogP contribution is -2.33. The van der Waals surface area contributed by atoms with E-state index < -0.39 is 0 Å². The van der Waals surface area contributed by atoms with Gasteiger partial charge in [-0.05, 0) is 48.5 Å². The minimum absolute atomic E-state index is 0.157. The molecule has 5 nitrogen and oxygen atoms in total. The molecule has 4 aromatic rings. The smallest absolute Gasteiger partial charge is 0.276 e. The highest BCUT2D eigenvalue weighted by atomic mass is 19.1. The number of carbonyl (C=O) groups is 1. The maximum absolute atomic E-state index is 12.8. The van der Waals surface area contributed by atoms with E-state index in [9.17, 15) is 9.18 Å². The van der Waals surface area contributed by atoms with Crippen molar-refractivity contribution < 1.29 is 18.3 Å². The maximum atomic E-state index is 12.8. The van der Waals surface area contributed by atoms with Gasteiger partial charge in [0, 0.05) is 10.8 Å². The van der Waals surface area contributed by atoms with Crippen LogP contribution in [-0.2, 0) is 4.79 Å². The topological polar surface area (TPSA) is 63.5 Å². The van der Waals surface area contributed by atoms with Gasteiger partial charge in [-0.15, -0.1) is 0 Å². The van der Waals surface area contributed by atoms with E-state index in [4.69, 9.17) is 9.15 Å². The first-order valence-electron chi connectivity index (χ1n) is 8.03. The molecule has 6 heteroatoms. The number of amides is 1. The van der Waals surface area contributed by atoms with Gasteiger partial charge in [0.1, 0.15) is 22.7 Å². The molecule has 0 bridgehead atoms. The number of rotatable bonds is 5. The van der Waals surface area contributed by atoms with Crippen molar-refractivity contribution in [2.24, 2.45) is 0 Å². The zero-order valence-corrected chi connectivity index (χ0v) is 13.7. The summed E-state index contributed by atoms with van der Waals surface area (Å²) >= 11 is 0. The molecule has 3 aromatic carbocycles. The van der Waals surface area contributed by atoms with E-state index in [2.05, 4.69) is 10.9 Å². The summed E-state index contributed by atoms with van der Waals surface area (Å²) in [5, 5.41) is 1.93. The first-order valence-corrected chi connectivity index (χ1v) is 8.03. The Morgan fingerprint density at radius 3 is 2.58 bits per heavy atom. The predicted molar refractivity (Wildman–Crippen MR) is 97.4 cm³/mol. The lowest BCUT2D eigenvalue weighted by Gasteiger charge is -2.09. The molecule has 0 radical (unpaired) electrons. The summed E-state index contributed by atoms with van der Waals surface area (Å²) in [6.45, 7) is -0.157.